The number of aromatic nitrogens is 2. The highest BCUT2D eigenvalue weighted by molar-refractivity contribution is 5.93. The van der Waals surface area contributed by atoms with Gasteiger partial charge >= 0.3 is 0 Å². The molecule has 0 bridgehead atoms. The van der Waals surface area contributed by atoms with Gasteiger partial charge in [0, 0.05) is 36.8 Å². The molecule has 0 saturated heterocycles. The van der Waals surface area contributed by atoms with Crippen molar-refractivity contribution in [2.24, 2.45) is 0 Å². The summed E-state index contributed by atoms with van der Waals surface area (Å²) >= 11 is 0. The van der Waals surface area contributed by atoms with E-state index < -0.39 is 0 Å². The Balaban J connectivity index is 1.24. The predicted molar refractivity (Wildman–Crippen MR) is 136 cm³/mol. The molecule has 2 heterocycles. The van der Waals surface area contributed by atoms with Crippen molar-refractivity contribution < 1.29 is 9.47 Å². The minimum atomic E-state index is 0.599. The summed E-state index contributed by atoms with van der Waals surface area (Å²) in [7, 11) is 1.64. The minimum absolute atomic E-state index is 0.599. The Bertz CT molecular complexity index is 1360. The average Bonchev–Trinajstić information content (AvgIpc) is 2.91. The largest absolute Gasteiger partial charge is 0.493 e. The quantitative estimate of drug-likeness (QED) is 0.363. The van der Waals surface area contributed by atoms with Crippen molar-refractivity contribution in [1.82, 2.24) is 14.9 Å². The fraction of sp³-hybridized carbons (Fsp3) is 0.250. The maximum atomic E-state index is 9.00. The third kappa shape index (κ3) is 5.18. The summed E-state index contributed by atoms with van der Waals surface area (Å²) in [5, 5.41) is 13.1. The number of methoxy groups -OCH3 is 1. The van der Waals surface area contributed by atoms with E-state index in [1.54, 1.807) is 19.2 Å². The van der Waals surface area contributed by atoms with Crippen molar-refractivity contribution in [1.29, 1.82) is 5.26 Å². The van der Waals surface area contributed by atoms with Gasteiger partial charge in [-0.3, -0.25) is 4.90 Å². The number of rotatable bonds is 8. The summed E-state index contributed by atoms with van der Waals surface area (Å²) in [6, 6.07) is 21.9. The molecule has 0 radical (unpaired) electrons. The van der Waals surface area contributed by atoms with Crippen molar-refractivity contribution in [3.05, 3.63) is 83.7 Å². The van der Waals surface area contributed by atoms with Crippen molar-refractivity contribution in [2.75, 3.05) is 32.1 Å². The van der Waals surface area contributed by atoms with Crippen molar-refractivity contribution >= 4 is 22.4 Å². The molecule has 1 aliphatic heterocycles. The summed E-state index contributed by atoms with van der Waals surface area (Å²) in [5.74, 6) is 1.98. The zero-order chi connectivity index (χ0) is 24.0. The molecule has 7 heteroatoms. The lowest BCUT2D eigenvalue weighted by Gasteiger charge is -2.28. The van der Waals surface area contributed by atoms with Gasteiger partial charge in [0.1, 0.15) is 12.1 Å². The molecule has 0 unspecified atom stereocenters. The predicted octanol–water partition coefficient (Wildman–Crippen LogP) is 5.08. The first-order valence-corrected chi connectivity index (χ1v) is 11.8. The standard InChI is InChI=1S/C28H27N5O2/c1-34-26-15-24-25(30-19-31-28(24)32-23-9-7-20(17-29)8-10-23)16-27(26)35-14-4-12-33-13-11-21-5-2-3-6-22(21)18-33/h2-3,5-10,15-16,19H,4,11-14,18H2,1H3,(H,30,31,32). The van der Waals surface area contributed by atoms with Crippen LogP contribution in [0, 0.1) is 11.3 Å². The van der Waals surface area contributed by atoms with Crippen LogP contribution >= 0.6 is 0 Å². The van der Waals surface area contributed by atoms with E-state index in [0.717, 1.165) is 49.1 Å². The smallest absolute Gasteiger partial charge is 0.163 e. The number of nitriles is 1. The fourth-order valence-electron chi connectivity index (χ4n) is 4.42. The Morgan fingerprint density at radius 1 is 1.03 bits per heavy atom. The van der Waals surface area contributed by atoms with E-state index in [1.165, 1.54) is 17.5 Å². The van der Waals surface area contributed by atoms with E-state index in [1.807, 2.05) is 24.3 Å². The maximum absolute atomic E-state index is 9.00. The molecule has 1 N–H and O–H groups in total. The summed E-state index contributed by atoms with van der Waals surface area (Å²) in [5.41, 5.74) is 5.11. The first kappa shape index (κ1) is 22.6. The Hall–Kier alpha value is -4.15. The summed E-state index contributed by atoms with van der Waals surface area (Å²) in [6.07, 6.45) is 3.56. The van der Waals surface area contributed by atoms with Crippen LogP contribution in [0.1, 0.15) is 23.1 Å². The number of benzene rings is 3. The molecule has 4 aromatic rings. The monoisotopic (exact) mass is 465 g/mol. The van der Waals surface area contributed by atoms with E-state index in [0.29, 0.717) is 29.5 Å². The van der Waals surface area contributed by atoms with Crippen LogP contribution in [-0.4, -0.2) is 41.7 Å². The van der Waals surface area contributed by atoms with Gasteiger partial charge in [-0.25, -0.2) is 9.97 Å². The first-order valence-electron chi connectivity index (χ1n) is 11.8. The van der Waals surface area contributed by atoms with Crippen LogP contribution in [0.15, 0.2) is 67.0 Å². The molecule has 0 spiro atoms. The molecular formula is C28H27N5O2. The number of ether oxygens (including phenoxy) is 2. The van der Waals surface area contributed by atoms with Crippen molar-refractivity contribution in [3.63, 3.8) is 0 Å². The maximum Gasteiger partial charge on any atom is 0.163 e. The Kier molecular flexibility index (Phi) is 6.73. The number of anilines is 2. The third-order valence-electron chi connectivity index (χ3n) is 6.28. The Morgan fingerprint density at radius 3 is 2.66 bits per heavy atom. The lowest BCUT2D eigenvalue weighted by molar-refractivity contribution is 0.218. The lowest BCUT2D eigenvalue weighted by Crippen LogP contribution is -2.31. The number of hydrogen-bond donors (Lipinski definition) is 1. The number of fused-ring (bicyclic) bond motifs is 2. The third-order valence-corrected chi connectivity index (χ3v) is 6.28. The second kappa shape index (κ2) is 10.4. The van der Waals surface area contributed by atoms with E-state index in [9.17, 15) is 0 Å². The normalized spacial score (nSPS) is 13.1. The highest BCUT2D eigenvalue weighted by Crippen LogP contribution is 2.35. The highest BCUT2D eigenvalue weighted by Gasteiger charge is 2.16. The van der Waals surface area contributed by atoms with Gasteiger partial charge in [-0.05, 0) is 54.3 Å². The summed E-state index contributed by atoms with van der Waals surface area (Å²) < 4.78 is 11.7. The fourth-order valence-corrected chi connectivity index (χ4v) is 4.42. The molecule has 0 atom stereocenters. The zero-order valence-electron chi connectivity index (χ0n) is 19.7. The molecule has 5 rings (SSSR count). The molecule has 1 aliphatic rings. The van der Waals surface area contributed by atoms with Gasteiger partial charge in [0.2, 0.25) is 0 Å². The van der Waals surface area contributed by atoms with Gasteiger partial charge in [0.25, 0.3) is 0 Å². The zero-order valence-corrected chi connectivity index (χ0v) is 19.7. The van der Waals surface area contributed by atoms with E-state index in [4.69, 9.17) is 14.7 Å². The second-order valence-corrected chi connectivity index (χ2v) is 8.55. The molecule has 0 fully saturated rings. The Labute approximate surface area is 205 Å². The molecule has 0 saturated carbocycles. The molecule has 1 aromatic heterocycles. The van der Waals surface area contributed by atoms with Gasteiger partial charge in [-0.1, -0.05) is 24.3 Å². The van der Waals surface area contributed by atoms with Gasteiger partial charge in [-0.15, -0.1) is 0 Å². The molecule has 7 nitrogen and oxygen atoms in total. The van der Waals surface area contributed by atoms with Crippen molar-refractivity contribution in [3.8, 4) is 17.6 Å². The van der Waals surface area contributed by atoms with Gasteiger partial charge in [0.15, 0.2) is 11.5 Å². The topological polar surface area (TPSA) is 83.3 Å². The van der Waals surface area contributed by atoms with Crippen LogP contribution in [0.25, 0.3) is 10.9 Å². The van der Waals surface area contributed by atoms with Gasteiger partial charge in [-0.2, -0.15) is 5.26 Å². The molecule has 176 valence electrons. The average molecular weight is 466 g/mol. The van der Waals surface area contributed by atoms with Crippen LogP contribution < -0.4 is 14.8 Å². The molecule has 3 aromatic carbocycles. The minimum Gasteiger partial charge on any atom is -0.493 e. The van der Waals surface area contributed by atoms with Crippen LogP contribution in [0.5, 0.6) is 11.5 Å². The lowest BCUT2D eigenvalue weighted by atomic mass is 10.00. The van der Waals surface area contributed by atoms with Crippen LogP contribution in [0.4, 0.5) is 11.5 Å². The van der Waals surface area contributed by atoms with Crippen LogP contribution in [0.3, 0.4) is 0 Å². The molecule has 35 heavy (non-hydrogen) atoms. The van der Waals surface area contributed by atoms with Crippen LogP contribution in [0.2, 0.25) is 0 Å². The van der Waals surface area contributed by atoms with E-state index >= 15 is 0 Å². The van der Waals surface area contributed by atoms with Crippen LogP contribution in [-0.2, 0) is 13.0 Å². The first-order chi connectivity index (χ1) is 17.2. The van der Waals surface area contributed by atoms with Gasteiger partial charge in [0.05, 0.1) is 30.9 Å². The van der Waals surface area contributed by atoms with E-state index in [2.05, 4.69) is 50.5 Å². The van der Waals surface area contributed by atoms with E-state index in [-0.39, 0.29) is 0 Å². The number of nitrogens with one attached hydrogen (secondary N) is 1. The number of nitrogens with zero attached hydrogens (tertiary/aromatic N) is 4. The molecule has 0 aliphatic carbocycles. The SMILES string of the molecule is COc1cc2c(Nc3ccc(C#N)cc3)ncnc2cc1OCCCN1CCc2ccccc2C1. The number of hydrogen-bond acceptors (Lipinski definition) is 7. The summed E-state index contributed by atoms with van der Waals surface area (Å²) in [4.78, 5) is 11.3. The molecular weight excluding hydrogens is 438 g/mol. The molecule has 0 amide bonds. The highest BCUT2D eigenvalue weighted by atomic mass is 16.5. The second-order valence-electron chi connectivity index (χ2n) is 8.55. The summed E-state index contributed by atoms with van der Waals surface area (Å²) in [6.45, 7) is 3.68. The Morgan fingerprint density at radius 2 is 1.86 bits per heavy atom. The van der Waals surface area contributed by atoms with Gasteiger partial charge < -0.3 is 14.8 Å². The van der Waals surface area contributed by atoms with Crippen molar-refractivity contribution in [2.45, 2.75) is 19.4 Å².